The van der Waals surface area contributed by atoms with E-state index in [2.05, 4.69) is 13.8 Å². The highest BCUT2D eigenvalue weighted by Gasteiger charge is 2.41. The van der Waals surface area contributed by atoms with E-state index in [1.54, 1.807) is 0 Å². The fourth-order valence-electron chi connectivity index (χ4n) is 3.34. The van der Waals surface area contributed by atoms with Gasteiger partial charge in [-0.25, -0.2) is 4.79 Å². The Balaban J connectivity index is 1.97. The second-order valence-electron chi connectivity index (χ2n) is 6.20. The third kappa shape index (κ3) is 2.69. The molecule has 1 aliphatic heterocycles. The van der Waals surface area contributed by atoms with E-state index < -0.39 is 5.97 Å². The molecule has 2 fully saturated rings. The quantitative estimate of drug-likeness (QED) is 0.852. The van der Waals surface area contributed by atoms with Gasteiger partial charge in [-0.15, -0.1) is 0 Å². The average Bonchev–Trinajstić information content (AvgIpc) is 2.67. The molecule has 5 nitrogen and oxygen atoms in total. The van der Waals surface area contributed by atoms with Gasteiger partial charge in [0.25, 0.3) is 0 Å². The van der Waals surface area contributed by atoms with E-state index in [-0.39, 0.29) is 24.0 Å². The summed E-state index contributed by atoms with van der Waals surface area (Å²) in [7, 11) is 1.87. The van der Waals surface area contributed by atoms with Crippen LogP contribution < -0.4 is 0 Å². The van der Waals surface area contributed by atoms with Gasteiger partial charge in [0, 0.05) is 19.6 Å². The zero-order valence-corrected chi connectivity index (χ0v) is 12.0. The largest absolute Gasteiger partial charge is 0.481 e. The maximum atomic E-state index is 12.3. The first-order valence-electron chi connectivity index (χ1n) is 7.18. The molecule has 0 aromatic heterocycles. The van der Waals surface area contributed by atoms with E-state index >= 15 is 0 Å². The molecular formula is C14H24N2O3. The summed E-state index contributed by atoms with van der Waals surface area (Å²) in [6.45, 7) is 5.06. The fraction of sp³-hybridized carbons (Fsp3) is 0.857. The van der Waals surface area contributed by atoms with Crippen LogP contribution in [-0.4, -0.2) is 52.6 Å². The zero-order chi connectivity index (χ0) is 14.2. The number of hydrogen-bond acceptors (Lipinski definition) is 2. The molecule has 2 amide bonds. The number of urea groups is 1. The van der Waals surface area contributed by atoms with E-state index in [0.717, 1.165) is 19.4 Å². The van der Waals surface area contributed by atoms with Crippen LogP contribution in [-0.2, 0) is 4.79 Å². The SMILES string of the molecule is CC(C)C1CN(C2CCC(C(=O)O)CC2)C(=O)N1C. The number of carbonyl (C=O) groups excluding carboxylic acids is 1. The van der Waals surface area contributed by atoms with Crippen LogP contribution in [0.2, 0.25) is 0 Å². The van der Waals surface area contributed by atoms with Crippen LogP contribution in [0.1, 0.15) is 39.5 Å². The Bertz CT molecular complexity index is 362. The summed E-state index contributed by atoms with van der Waals surface area (Å²) in [5.41, 5.74) is 0. The second kappa shape index (κ2) is 5.39. The van der Waals surface area contributed by atoms with E-state index in [1.165, 1.54) is 0 Å². The van der Waals surface area contributed by atoms with Crippen LogP contribution in [0, 0.1) is 11.8 Å². The topological polar surface area (TPSA) is 60.9 Å². The summed E-state index contributed by atoms with van der Waals surface area (Å²) >= 11 is 0. The summed E-state index contributed by atoms with van der Waals surface area (Å²) in [5.74, 6) is -0.453. The number of amides is 2. The Morgan fingerprint density at radius 3 is 2.26 bits per heavy atom. The van der Waals surface area contributed by atoms with Crippen LogP contribution >= 0.6 is 0 Å². The first-order valence-corrected chi connectivity index (χ1v) is 7.18. The molecule has 19 heavy (non-hydrogen) atoms. The zero-order valence-electron chi connectivity index (χ0n) is 12.0. The van der Waals surface area contributed by atoms with Crippen molar-refractivity contribution in [3.05, 3.63) is 0 Å². The third-order valence-corrected chi connectivity index (χ3v) is 4.68. The van der Waals surface area contributed by atoms with Crippen LogP contribution in [0.4, 0.5) is 4.79 Å². The summed E-state index contributed by atoms with van der Waals surface area (Å²) in [6.07, 6.45) is 3.03. The third-order valence-electron chi connectivity index (χ3n) is 4.68. The number of rotatable bonds is 3. The lowest BCUT2D eigenvalue weighted by molar-refractivity contribution is -0.143. The molecule has 1 heterocycles. The van der Waals surface area contributed by atoms with Crippen molar-refractivity contribution in [1.82, 2.24) is 9.80 Å². The van der Waals surface area contributed by atoms with Gasteiger partial charge < -0.3 is 14.9 Å². The van der Waals surface area contributed by atoms with Crippen molar-refractivity contribution in [3.8, 4) is 0 Å². The number of carboxylic acid groups (broad SMARTS) is 1. The van der Waals surface area contributed by atoms with Gasteiger partial charge in [-0.05, 0) is 31.6 Å². The van der Waals surface area contributed by atoms with Crippen LogP contribution in [0.3, 0.4) is 0 Å². The molecule has 1 saturated heterocycles. The lowest BCUT2D eigenvalue weighted by Crippen LogP contribution is -2.41. The van der Waals surface area contributed by atoms with Crippen molar-refractivity contribution < 1.29 is 14.7 Å². The normalized spacial score (nSPS) is 32.2. The highest BCUT2D eigenvalue weighted by atomic mass is 16.4. The molecule has 2 aliphatic rings. The van der Waals surface area contributed by atoms with Crippen LogP contribution in [0.5, 0.6) is 0 Å². The molecule has 5 heteroatoms. The summed E-state index contributed by atoms with van der Waals surface area (Å²) in [4.78, 5) is 27.0. The van der Waals surface area contributed by atoms with Crippen molar-refractivity contribution >= 4 is 12.0 Å². The molecule has 1 N–H and O–H groups in total. The maximum Gasteiger partial charge on any atom is 0.320 e. The smallest absolute Gasteiger partial charge is 0.320 e. The Kier molecular flexibility index (Phi) is 4.02. The Morgan fingerprint density at radius 1 is 1.26 bits per heavy atom. The number of hydrogen-bond donors (Lipinski definition) is 1. The van der Waals surface area contributed by atoms with Crippen molar-refractivity contribution in [3.63, 3.8) is 0 Å². The molecule has 0 aromatic rings. The van der Waals surface area contributed by atoms with E-state index in [1.807, 2.05) is 16.8 Å². The number of likely N-dealkylation sites (N-methyl/N-ethyl adjacent to an activating group) is 1. The molecule has 0 bridgehead atoms. The number of carbonyl (C=O) groups is 2. The van der Waals surface area contributed by atoms with Crippen molar-refractivity contribution in [1.29, 1.82) is 0 Å². The van der Waals surface area contributed by atoms with Crippen LogP contribution in [0.15, 0.2) is 0 Å². The lowest BCUT2D eigenvalue weighted by Gasteiger charge is -2.32. The average molecular weight is 268 g/mol. The maximum absolute atomic E-state index is 12.3. The van der Waals surface area contributed by atoms with Gasteiger partial charge >= 0.3 is 12.0 Å². The first-order chi connectivity index (χ1) is 8.91. The molecule has 1 aliphatic carbocycles. The van der Waals surface area contributed by atoms with Gasteiger partial charge in [-0.1, -0.05) is 13.8 Å². The van der Waals surface area contributed by atoms with Gasteiger partial charge in [0.05, 0.1) is 12.0 Å². The van der Waals surface area contributed by atoms with Gasteiger partial charge in [0.15, 0.2) is 0 Å². The van der Waals surface area contributed by atoms with Crippen LogP contribution in [0.25, 0.3) is 0 Å². The molecule has 108 valence electrons. The second-order valence-corrected chi connectivity index (χ2v) is 6.20. The minimum Gasteiger partial charge on any atom is -0.481 e. The highest BCUT2D eigenvalue weighted by molar-refractivity contribution is 5.77. The highest BCUT2D eigenvalue weighted by Crippen LogP contribution is 2.31. The molecule has 0 radical (unpaired) electrons. The summed E-state index contributed by atoms with van der Waals surface area (Å²) < 4.78 is 0. The van der Waals surface area contributed by atoms with Crippen molar-refractivity contribution in [2.45, 2.75) is 51.6 Å². The fourth-order valence-corrected chi connectivity index (χ4v) is 3.34. The van der Waals surface area contributed by atoms with Gasteiger partial charge in [-0.2, -0.15) is 0 Å². The van der Waals surface area contributed by atoms with Crippen molar-refractivity contribution in [2.75, 3.05) is 13.6 Å². The molecule has 0 aromatic carbocycles. The Hall–Kier alpha value is -1.26. The summed E-state index contributed by atoms with van der Waals surface area (Å²) in [5, 5.41) is 9.01. The predicted octanol–water partition coefficient (Wildman–Crippen LogP) is 2.02. The Labute approximate surface area is 114 Å². The number of aliphatic carboxylic acids is 1. The van der Waals surface area contributed by atoms with E-state index in [0.29, 0.717) is 18.8 Å². The standard InChI is InChI=1S/C14H24N2O3/c1-9(2)12-8-16(14(19)15(12)3)11-6-4-10(5-7-11)13(17)18/h9-12H,4-8H2,1-3H3,(H,17,18). The van der Waals surface area contributed by atoms with E-state index in [4.69, 9.17) is 5.11 Å². The molecule has 1 saturated carbocycles. The van der Waals surface area contributed by atoms with Gasteiger partial charge in [0.2, 0.25) is 0 Å². The minimum atomic E-state index is -0.691. The van der Waals surface area contributed by atoms with Gasteiger partial charge in [-0.3, -0.25) is 4.79 Å². The Morgan fingerprint density at radius 2 is 1.84 bits per heavy atom. The summed E-state index contributed by atoms with van der Waals surface area (Å²) in [6, 6.07) is 0.622. The number of nitrogens with zero attached hydrogens (tertiary/aromatic N) is 2. The molecule has 1 atom stereocenters. The number of carboxylic acids is 1. The predicted molar refractivity (Wildman–Crippen MR) is 71.9 cm³/mol. The first kappa shape index (κ1) is 14.2. The minimum absolute atomic E-state index is 0.109. The van der Waals surface area contributed by atoms with E-state index in [9.17, 15) is 9.59 Å². The molecule has 2 rings (SSSR count). The van der Waals surface area contributed by atoms with Gasteiger partial charge in [0.1, 0.15) is 0 Å². The molecule has 1 unspecified atom stereocenters. The molecular weight excluding hydrogens is 244 g/mol. The van der Waals surface area contributed by atoms with Crippen molar-refractivity contribution in [2.24, 2.45) is 11.8 Å². The monoisotopic (exact) mass is 268 g/mol. The molecule has 0 spiro atoms. The lowest BCUT2D eigenvalue weighted by atomic mass is 9.85.